The van der Waals surface area contributed by atoms with Crippen LogP contribution in [0.15, 0.2) is 71.1 Å². The van der Waals surface area contributed by atoms with E-state index in [1.165, 1.54) is 37.5 Å². The molecule has 0 aliphatic carbocycles. The van der Waals surface area contributed by atoms with Gasteiger partial charge in [0, 0.05) is 22.4 Å². The molecule has 6 aromatic rings. The lowest BCUT2D eigenvalue weighted by Gasteiger charge is -2.08. The first-order valence-electron chi connectivity index (χ1n) is 10.8. The first-order valence-corrected chi connectivity index (χ1v) is 11.6. The summed E-state index contributed by atoms with van der Waals surface area (Å²) in [7, 11) is 2.13. The van der Waals surface area contributed by atoms with Gasteiger partial charge in [0.2, 0.25) is 11.2 Å². The van der Waals surface area contributed by atoms with Crippen molar-refractivity contribution in [3.05, 3.63) is 83.4 Å². The van der Waals surface area contributed by atoms with E-state index in [0.29, 0.717) is 5.71 Å². The topological polar surface area (TPSA) is 29.9 Å². The number of hydrogen-bond acceptors (Lipinski definition) is 3. The zero-order chi connectivity index (χ0) is 22.0. The Labute approximate surface area is 190 Å². The summed E-state index contributed by atoms with van der Waals surface area (Å²) in [6.45, 7) is 6.42. The van der Waals surface area contributed by atoms with Crippen molar-refractivity contribution in [1.29, 1.82) is 0 Å². The van der Waals surface area contributed by atoms with Crippen molar-refractivity contribution in [2.45, 2.75) is 20.8 Å². The van der Waals surface area contributed by atoms with Crippen molar-refractivity contribution in [1.82, 2.24) is 4.98 Å². The number of rotatable bonds is 2. The van der Waals surface area contributed by atoms with Gasteiger partial charge >= 0.3 is 0 Å². The fourth-order valence-corrected chi connectivity index (χ4v) is 6.02. The van der Waals surface area contributed by atoms with Crippen LogP contribution in [0, 0.1) is 20.8 Å². The Bertz CT molecular complexity index is 1650. The quantitative estimate of drug-likeness (QED) is 0.268. The van der Waals surface area contributed by atoms with Crippen molar-refractivity contribution >= 4 is 43.6 Å². The molecule has 0 saturated carbocycles. The number of pyridine rings is 1. The second kappa shape index (κ2) is 7.01. The predicted molar refractivity (Wildman–Crippen MR) is 133 cm³/mol. The van der Waals surface area contributed by atoms with Gasteiger partial charge in [-0.25, -0.2) is 4.98 Å². The van der Waals surface area contributed by atoms with E-state index in [1.54, 1.807) is 11.3 Å². The third-order valence-corrected chi connectivity index (χ3v) is 7.64. The number of benzene rings is 3. The molecular weight excluding hydrogens is 412 g/mol. The summed E-state index contributed by atoms with van der Waals surface area (Å²) in [6.07, 6.45) is 0. The number of para-hydroxylation sites is 1. The van der Waals surface area contributed by atoms with E-state index in [1.807, 2.05) is 0 Å². The van der Waals surface area contributed by atoms with Crippen LogP contribution in [-0.4, -0.2) is 4.98 Å². The molecule has 3 nitrogen and oxygen atoms in total. The molecule has 0 unspecified atom stereocenters. The Morgan fingerprint density at radius 1 is 0.750 bits per heavy atom. The van der Waals surface area contributed by atoms with Crippen LogP contribution in [0.5, 0.6) is 0 Å². The van der Waals surface area contributed by atoms with Gasteiger partial charge in [-0.05, 0) is 55.7 Å². The van der Waals surface area contributed by atoms with Gasteiger partial charge in [-0.1, -0.05) is 53.8 Å². The summed E-state index contributed by atoms with van der Waals surface area (Å²) in [4.78, 5) is 4.96. The van der Waals surface area contributed by atoms with E-state index in [9.17, 15) is 0 Å². The van der Waals surface area contributed by atoms with Crippen LogP contribution < -0.4 is 4.57 Å². The molecule has 3 heterocycles. The molecule has 0 bridgehead atoms. The second-order valence-corrected chi connectivity index (χ2v) is 9.52. The summed E-state index contributed by atoms with van der Waals surface area (Å²) in [5, 5.41) is 3.36. The van der Waals surface area contributed by atoms with Crippen LogP contribution in [0.1, 0.15) is 16.7 Å². The second-order valence-electron chi connectivity index (χ2n) is 8.49. The van der Waals surface area contributed by atoms with Gasteiger partial charge in [-0.3, -0.25) is 0 Å². The van der Waals surface area contributed by atoms with E-state index in [-0.39, 0.29) is 0 Å². The lowest BCUT2D eigenvalue weighted by molar-refractivity contribution is -0.629. The highest BCUT2D eigenvalue weighted by atomic mass is 32.1. The van der Waals surface area contributed by atoms with E-state index < -0.39 is 0 Å². The van der Waals surface area contributed by atoms with Crippen LogP contribution in [0.2, 0.25) is 0 Å². The molecule has 0 N–H and O–H groups in total. The van der Waals surface area contributed by atoms with Crippen LogP contribution in [-0.2, 0) is 7.05 Å². The summed E-state index contributed by atoms with van der Waals surface area (Å²) in [5.41, 5.74) is 9.77. The maximum atomic E-state index is 6.49. The lowest BCUT2D eigenvalue weighted by Crippen LogP contribution is -2.28. The van der Waals surface area contributed by atoms with E-state index in [4.69, 9.17) is 9.40 Å². The van der Waals surface area contributed by atoms with Crippen molar-refractivity contribution in [2.75, 3.05) is 0 Å². The molecule has 0 atom stereocenters. The number of thiazole rings is 1. The third-order valence-electron chi connectivity index (χ3n) is 6.40. The van der Waals surface area contributed by atoms with Crippen molar-refractivity contribution in [2.24, 2.45) is 7.05 Å². The van der Waals surface area contributed by atoms with Gasteiger partial charge in [0.25, 0.3) is 5.01 Å². The summed E-state index contributed by atoms with van der Waals surface area (Å²) < 4.78 is 10.0. The molecule has 0 spiro atoms. The standard InChI is InChI=1S/C28H23N2OS/c1-16-8-7-9-17(2)24(16)21-15-14-20-19-13-12-18(3)25(26(19)31-27(20)29-21)28-30(4)22-10-5-6-11-23(22)32-28/h5-15H,1-4H3/q+1. The van der Waals surface area contributed by atoms with Crippen molar-refractivity contribution < 1.29 is 8.98 Å². The molecular formula is C28H23N2OS+. The van der Waals surface area contributed by atoms with Crippen LogP contribution in [0.25, 0.3) is 54.1 Å². The number of fused-ring (bicyclic) bond motifs is 4. The van der Waals surface area contributed by atoms with E-state index >= 15 is 0 Å². The molecule has 6 rings (SSSR count). The monoisotopic (exact) mass is 435 g/mol. The Balaban J connectivity index is 1.64. The Hall–Kier alpha value is -3.50. The smallest absolute Gasteiger partial charge is 0.273 e. The van der Waals surface area contributed by atoms with E-state index in [2.05, 4.69) is 99.1 Å². The molecule has 3 aromatic carbocycles. The summed E-state index contributed by atoms with van der Waals surface area (Å²) in [6, 6.07) is 23.5. The largest absolute Gasteiger partial charge is 0.437 e. The van der Waals surface area contributed by atoms with Crippen molar-refractivity contribution in [3.8, 4) is 21.8 Å². The highest BCUT2D eigenvalue weighted by Gasteiger charge is 2.25. The summed E-state index contributed by atoms with van der Waals surface area (Å²) >= 11 is 1.80. The highest BCUT2D eigenvalue weighted by Crippen LogP contribution is 2.40. The molecule has 3 aromatic heterocycles. The van der Waals surface area contributed by atoms with Gasteiger partial charge in [-0.2, -0.15) is 4.57 Å². The molecule has 0 saturated heterocycles. The first-order chi connectivity index (χ1) is 15.5. The normalized spacial score (nSPS) is 11.8. The van der Waals surface area contributed by atoms with Crippen LogP contribution in [0.3, 0.4) is 0 Å². The number of nitrogens with zero attached hydrogens (tertiary/aromatic N) is 2. The maximum absolute atomic E-state index is 6.49. The van der Waals surface area contributed by atoms with Crippen LogP contribution >= 0.6 is 11.3 Å². The number of furan rings is 1. The lowest BCUT2D eigenvalue weighted by atomic mass is 9.99. The van der Waals surface area contributed by atoms with Crippen LogP contribution in [0.4, 0.5) is 0 Å². The third kappa shape index (κ3) is 2.73. The highest BCUT2D eigenvalue weighted by molar-refractivity contribution is 7.21. The minimum absolute atomic E-state index is 0.691. The van der Waals surface area contributed by atoms with Gasteiger partial charge in [0.05, 0.1) is 5.69 Å². The fraction of sp³-hybridized carbons (Fsp3) is 0.143. The van der Waals surface area contributed by atoms with Gasteiger partial charge in [0.1, 0.15) is 17.3 Å². The van der Waals surface area contributed by atoms with Gasteiger partial charge in [0.15, 0.2) is 5.58 Å². The van der Waals surface area contributed by atoms with Gasteiger partial charge in [-0.15, -0.1) is 0 Å². The molecule has 0 fully saturated rings. The number of hydrogen-bond donors (Lipinski definition) is 0. The first kappa shape index (κ1) is 19.2. The SMILES string of the molecule is Cc1cccc(C)c1-c1ccc2c(n1)oc1c(-c3sc4ccccc4[n+]3C)c(C)ccc12. The zero-order valence-electron chi connectivity index (χ0n) is 18.6. The molecule has 32 heavy (non-hydrogen) atoms. The van der Waals surface area contributed by atoms with Gasteiger partial charge < -0.3 is 4.42 Å². The minimum atomic E-state index is 0.691. The molecule has 156 valence electrons. The molecule has 0 aliphatic heterocycles. The Morgan fingerprint density at radius 2 is 1.47 bits per heavy atom. The molecule has 4 heteroatoms. The van der Waals surface area contributed by atoms with E-state index in [0.717, 1.165) is 27.6 Å². The van der Waals surface area contributed by atoms with Crippen molar-refractivity contribution in [3.63, 3.8) is 0 Å². The molecule has 0 amide bonds. The predicted octanol–water partition coefficient (Wildman–Crippen LogP) is 7.28. The fourth-order valence-electron chi connectivity index (χ4n) is 4.76. The minimum Gasteiger partial charge on any atom is -0.437 e. The zero-order valence-corrected chi connectivity index (χ0v) is 19.4. The Morgan fingerprint density at radius 3 is 2.25 bits per heavy atom. The number of aryl methyl sites for hydroxylation is 4. The summed E-state index contributed by atoms with van der Waals surface area (Å²) in [5.74, 6) is 0. The Kier molecular flexibility index (Phi) is 4.21. The molecule has 0 aliphatic rings. The average Bonchev–Trinajstić information content (AvgIpc) is 3.31. The average molecular weight is 436 g/mol. The number of aromatic nitrogens is 2. The molecule has 0 radical (unpaired) electrons. The maximum Gasteiger partial charge on any atom is 0.273 e.